The van der Waals surface area contributed by atoms with Crippen LogP contribution in [0.3, 0.4) is 0 Å². The monoisotopic (exact) mass is 384 g/mol. The smallest absolute Gasteiger partial charge is 0.123 e. The van der Waals surface area contributed by atoms with Gasteiger partial charge in [0.1, 0.15) is 5.82 Å². The lowest BCUT2D eigenvalue weighted by Crippen LogP contribution is -2.14. The third kappa shape index (κ3) is 7.05. The molecule has 1 heteroatoms. The zero-order valence-electron chi connectivity index (χ0n) is 18.1. The van der Waals surface area contributed by atoms with Crippen molar-refractivity contribution >= 4 is 0 Å². The van der Waals surface area contributed by atoms with Crippen molar-refractivity contribution in [3.8, 4) is 0 Å². The van der Waals surface area contributed by atoms with E-state index in [0.29, 0.717) is 5.92 Å². The second-order valence-electron chi connectivity index (χ2n) is 9.53. The van der Waals surface area contributed by atoms with Crippen molar-refractivity contribution in [2.45, 2.75) is 103 Å². The molecule has 2 aliphatic carbocycles. The molecule has 3 rings (SSSR count). The molecule has 156 valence electrons. The molecular formula is C27H41F. The summed E-state index contributed by atoms with van der Waals surface area (Å²) in [6, 6.07) is 7.20. The van der Waals surface area contributed by atoms with E-state index in [1.807, 2.05) is 12.1 Å². The Morgan fingerprint density at radius 1 is 0.750 bits per heavy atom. The van der Waals surface area contributed by atoms with Crippen LogP contribution in [0.15, 0.2) is 36.4 Å². The molecule has 2 aliphatic rings. The van der Waals surface area contributed by atoms with Gasteiger partial charge in [-0.25, -0.2) is 4.39 Å². The van der Waals surface area contributed by atoms with Crippen molar-refractivity contribution in [2.75, 3.05) is 0 Å². The normalized spacial score (nSPS) is 28.6. The lowest BCUT2D eigenvalue weighted by Gasteiger charge is -2.29. The number of hydrogen-bond donors (Lipinski definition) is 0. The summed E-state index contributed by atoms with van der Waals surface area (Å²) in [5.41, 5.74) is 1.33. The first-order valence-electron chi connectivity index (χ1n) is 12.2. The fourth-order valence-electron chi connectivity index (χ4n) is 5.40. The Morgan fingerprint density at radius 2 is 1.32 bits per heavy atom. The molecule has 0 amide bonds. The SMILES string of the molecule is CCCCCCCC1CCC(C=CC2CCC(c3ccc(F)cc3)CC2)CC1. The molecule has 0 spiro atoms. The van der Waals surface area contributed by atoms with Crippen LogP contribution in [0.25, 0.3) is 0 Å². The van der Waals surface area contributed by atoms with Crippen LogP contribution < -0.4 is 0 Å². The molecule has 0 unspecified atom stereocenters. The molecule has 1 aromatic carbocycles. The Kier molecular flexibility index (Phi) is 9.09. The second kappa shape index (κ2) is 11.8. The number of allylic oxidation sites excluding steroid dienone is 2. The van der Waals surface area contributed by atoms with Crippen LogP contribution in [0.2, 0.25) is 0 Å². The molecule has 2 fully saturated rings. The van der Waals surface area contributed by atoms with Gasteiger partial charge in [0.05, 0.1) is 0 Å². The van der Waals surface area contributed by atoms with Crippen molar-refractivity contribution < 1.29 is 4.39 Å². The molecule has 0 aromatic heterocycles. The van der Waals surface area contributed by atoms with Crippen LogP contribution in [0.1, 0.15) is 108 Å². The highest BCUT2D eigenvalue weighted by Gasteiger charge is 2.22. The van der Waals surface area contributed by atoms with E-state index in [9.17, 15) is 4.39 Å². The van der Waals surface area contributed by atoms with Gasteiger partial charge in [0.15, 0.2) is 0 Å². The number of hydrogen-bond acceptors (Lipinski definition) is 0. The molecule has 0 radical (unpaired) electrons. The zero-order valence-corrected chi connectivity index (χ0v) is 18.1. The average molecular weight is 385 g/mol. The fourth-order valence-corrected chi connectivity index (χ4v) is 5.40. The minimum absolute atomic E-state index is 0.119. The maximum absolute atomic E-state index is 13.1. The molecule has 0 aliphatic heterocycles. The highest BCUT2D eigenvalue weighted by Crippen LogP contribution is 2.37. The highest BCUT2D eigenvalue weighted by atomic mass is 19.1. The van der Waals surface area contributed by atoms with Gasteiger partial charge in [0, 0.05) is 0 Å². The molecule has 0 heterocycles. The maximum Gasteiger partial charge on any atom is 0.123 e. The molecular weight excluding hydrogens is 343 g/mol. The molecule has 28 heavy (non-hydrogen) atoms. The number of halogens is 1. The Morgan fingerprint density at radius 3 is 1.93 bits per heavy atom. The van der Waals surface area contributed by atoms with E-state index in [1.54, 1.807) is 12.1 Å². The molecule has 1 aromatic rings. The summed E-state index contributed by atoms with van der Waals surface area (Å²) in [6.07, 6.45) is 24.6. The predicted molar refractivity (Wildman–Crippen MR) is 119 cm³/mol. The minimum atomic E-state index is -0.119. The van der Waals surface area contributed by atoms with Crippen molar-refractivity contribution in [3.05, 3.63) is 47.8 Å². The van der Waals surface area contributed by atoms with Gasteiger partial charge in [-0.3, -0.25) is 0 Å². The third-order valence-corrected chi connectivity index (χ3v) is 7.38. The third-order valence-electron chi connectivity index (χ3n) is 7.38. The maximum atomic E-state index is 13.1. The lowest BCUT2D eigenvalue weighted by molar-refractivity contribution is 0.287. The summed E-state index contributed by atoms with van der Waals surface area (Å²) < 4.78 is 13.1. The van der Waals surface area contributed by atoms with Crippen LogP contribution in [-0.4, -0.2) is 0 Å². The van der Waals surface area contributed by atoms with Crippen molar-refractivity contribution in [2.24, 2.45) is 17.8 Å². The molecule has 0 atom stereocenters. The summed E-state index contributed by atoms with van der Waals surface area (Å²) in [7, 11) is 0. The van der Waals surface area contributed by atoms with Gasteiger partial charge >= 0.3 is 0 Å². The number of benzene rings is 1. The second-order valence-corrected chi connectivity index (χ2v) is 9.53. The van der Waals surface area contributed by atoms with E-state index in [0.717, 1.165) is 17.8 Å². The highest BCUT2D eigenvalue weighted by molar-refractivity contribution is 5.21. The topological polar surface area (TPSA) is 0 Å². The zero-order chi connectivity index (χ0) is 19.6. The van der Waals surface area contributed by atoms with Crippen LogP contribution in [0.4, 0.5) is 4.39 Å². The van der Waals surface area contributed by atoms with Crippen molar-refractivity contribution in [3.63, 3.8) is 0 Å². The fraction of sp³-hybridized carbons (Fsp3) is 0.704. The lowest BCUT2D eigenvalue weighted by atomic mass is 9.77. The molecule has 0 saturated heterocycles. The Labute approximate surface area is 173 Å². The average Bonchev–Trinajstić information content (AvgIpc) is 2.74. The van der Waals surface area contributed by atoms with E-state index in [2.05, 4.69) is 19.1 Å². The van der Waals surface area contributed by atoms with Gasteiger partial charge in [-0.05, 0) is 92.7 Å². The van der Waals surface area contributed by atoms with E-state index in [-0.39, 0.29) is 5.82 Å². The number of unbranched alkanes of at least 4 members (excludes halogenated alkanes) is 4. The van der Waals surface area contributed by atoms with E-state index < -0.39 is 0 Å². The summed E-state index contributed by atoms with van der Waals surface area (Å²) in [4.78, 5) is 0. The van der Waals surface area contributed by atoms with Gasteiger partial charge in [0.25, 0.3) is 0 Å². The molecule has 2 saturated carbocycles. The van der Waals surface area contributed by atoms with Crippen LogP contribution in [-0.2, 0) is 0 Å². The number of rotatable bonds is 9. The first-order chi connectivity index (χ1) is 13.7. The quantitative estimate of drug-likeness (QED) is 0.295. The predicted octanol–water partition coefficient (Wildman–Crippen LogP) is 8.82. The summed E-state index contributed by atoms with van der Waals surface area (Å²) in [5.74, 6) is 3.14. The Bertz CT molecular complexity index is 556. The summed E-state index contributed by atoms with van der Waals surface area (Å²) in [6.45, 7) is 2.30. The van der Waals surface area contributed by atoms with Gasteiger partial charge in [-0.15, -0.1) is 0 Å². The van der Waals surface area contributed by atoms with Gasteiger partial charge in [-0.1, -0.05) is 69.7 Å². The van der Waals surface area contributed by atoms with Crippen LogP contribution in [0, 0.1) is 23.6 Å². The molecule has 0 N–H and O–H groups in total. The van der Waals surface area contributed by atoms with Crippen LogP contribution in [0.5, 0.6) is 0 Å². The van der Waals surface area contributed by atoms with Crippen molar-refractivity contribution in [1.29, 1.82) is 0 Å². The van der Waals surface area contributed by atoms with Gasteiger partial charge < -0.3 is 0 Å². The summed E-state index contributed by atoms with van der Waals surface area (Å²) >= 11 is 0. The largest absolute Gasteiger partial charge is 0.207 e. The minimum Gasteiger partial charge on any atom is -0.207 e. The van der Waals surface area contributed by atoms with E-state index >= 15 is 0 Å². The standard InChI is InChI=1S/C27H41F/c1-2-3-4-5-6-7-22-8-10-23(11-9-22)12-13-24-14-16-25(17-15-24)26-18-20-27(28)21-19-26/h12-13,18-25H,2-11,14-17H2,1H3. The first-order valence-corrected chi connectivity index (χ1v) is 12.2. The van der Waals surface area contributed by atoms with E-state index in [4.69, 9.17) is 0 Å². The van der Waals surface area contributed by atoms with Crippen molar-refractivity contribution in [1.82, 2.24) is 0 Å². The molecule has 0 nitrogen and oxygen atoms in total. The van der Waals surface area contributed by atoms with Crippen LogP contribution >= 0.6 is 0 Å². The Balaban J connectivity index is 1.31. The molecule has 0 bridgehead atoms. The first kappa shape index (κ1) is 21.6. The van der Waals surface area contributed by atoms with Gasteiger partial charge in [-0.2, -0.15) is 0 Å². The summed E-state index contributed by atoms with van der Waals surface area (Å²) in [5, 5.41) is 0. The van der Waals surface area contributed by atoms with Gasteiger partial charge in [0.2, 0.25) is 0 Å². The van der Waals surface area contributed by atoms with E-state index in [1.165, 1.54) is 95.5 Å². The Hall–Kier alpha value is -1.11.